The first-order valence-electron chi connectivity index (χ1n) is 9.53. The number of hydrogen-bond acceptors (Lipinski definition) is 4. The van der Waals surface area contributed by atoms with Gasteiger partial charge in [-0.1, -0.05) is 42.0 Å². The summed E-state index contributed by atoms with van der Waals surface area (Å²) in [5, 5.41) is 4.10. The smallest absolute Gasteiger partial charge is 0.241 e. The van der Waals surface area contributed by atoms with Gasteiger partial charge in [-0.05, 0) is 37.1 Å². The predicted molar refractivity (Wildman–Crippen MR) is 111 cm³/mol. The molecule has 1 N–H and O–H groups in total. The molecule has 1 fully saturated rings. The van der Waals surface area contributed by atoms with Gasteiger partial charge < -0.3 is 4.90 Å². The molecule has 0 unspecified atom stereocenters. The van der Waals surface area contributed by atoms with Crippen LogP contribution in [0.3, 0.4) is 0 Å². The standard InChI is InChI=1S/C22H28N4O/c1-18-8-9-20(19(2)16-18)17-23-24-22(27)10-11-25-12-14-26(15-13-25)21-6-4-3-5-7-21/h3-9,16-17H,10-15H2,1-2H3,(H,24,27)/b23-17+. The summed E-state index contributed by atoms with van der Waals surface area (Å²) < 4.78 is 0. The Bertz CT molecular complexity index is 780. The molecule has 5 heteroatoms. The number of amides is 1. The lowest BCUT2D eigenvalue weighted by molar-refractivity contribution is -0.121. The Kier molecular flexibility index (Phi) is 6.60. The second-order valence-electron chi connectivity index (χ2n) is 7.07. The van der Waals surface area contributed by atoms with Crippen molar-refractivity contribution in [3.05, 3.63) is 65.2 Å². The zero-order valence-corrected chi connectivity index (χ0v) is 16.2. The van der Waals surface area contributed by atoms with E-state index >= 15 is 0 Å². The number of anilines is 1. The van der Waals surface area contributed by atoms with E-state index in [-0.39, 0.29) is 5.91 Å². The molecule has 0 atom stereocenters. The zero-order valence-electron chi connectivity index (χ0n) is 16.2. The van der Waals surface area contributed by atoms with E-state index in [0.29, 0.717) is 6.42 Å². The second-order valence-corrected chi connectivity index (χ2v) is 7.07. The highest BCUT2D eigenvalue weighted by molar-refractivity contribution is 5.83. The zero-order chi connectivity index (χ0) is 19.1. The van der Waals surface area contributed by atoms with Gasteiger partial charge in [-0.25, -0.2) is 5.43 Å². The number of aryl methyl sites for hydroxylation is 2. The highest BCUT2D eigenvalue weighted by Crippen LogP contribution is 2.15. The maximum atomic E-state index is 12.0. The molecular weight excluding hydrogens is 336 g/mol. The SMILES string of the molecule is Cc1ccc(/C=N/NC(=O)CCN2CCN(c3ccccc3)CC2)c(C)c1. The summed E-state index contributed by atoms with van der Waals surface area (Å²) in [6, 6.07) is 16.7. The number of hydrazone groups is 1. The summed E-state index contributed by atoms with van der Waals surface area (Å²) in [7, 11) is 0. The molecule has 3 rings (SSSR count). The lowest BCUT2D eigenvalue weighted by Gasteiger charge is -2.36. The highest BCUT2D eigenvalue weighted by atomic mass is 16.2. The second kappa shape index (κ2) is 9.33. The Morgan fingerprint density at radius 3 is 2.52 bits per heavy atom. The molecule has 1 aliphatic heterocycles. The third kappa shape index (κ3) is 5.66. The van der Waals surface area contributed by atoms with Gasteiger partial charge in [-0.3, -0.25) is 9.69 Å². The van der Waals surface area contributed by atoms with Gasteiger partial charge in [0.15, 0.2) is 0 Å². The Morgan fingerprint density at radius 2 is 1.81 bits per heavy atom. The minimum atomic E-state index is -0.0403. The first kappa shape index (κ1) is 19.1. The average Bonchev–Trinajstić information content (AvgIpc) is 2.69. The van der Waals surface area contributed by atoms with Crippen LogP contribution in [0.25, 0.3) is 0 Å². The van der Waals surface area contributed by atoms with E-state index in [9.17, 15) is 4.79 Å². The lowest BCUT2D eigenvalue weighted by Crippen LogP contribution is -2.47. The number of nitrogens with zero attached hydrogens (tertiary/aromatic N) is 3. The van der Waals surface area contributed by atoms with E-state index in [1.807, 2.05) is 25.1 Å². The van der Waals surface area contributed by atoms with Gasteiger partial charge in [0.05, 0.1) is 6.21 Å². The van der Waals surface area contributed by atoms with Crippen molar-refractivity contribution in [2.45, 2.75) is 20.3 Å². The van der Waals surface area contributed by atoms with Gasteiger partial charge in [-0.15, -0.1) is 0 Å². The summed E-state index contributed by atoms with van der Waals surface area (Å²) in [5.74, 6) is -0.0403. The third-order valence-corrected chi connectivity index (χ3v) is 4.97. The van der Waals surface area contributed by atoms with Crippen molar-refractivity contribution in [2.75, 3.05) is 37.6 Å². The van der Waals surface area contributed by atoms with E-state index in [4.69, 9.17) is 0 Å². The molecule has 5 nitrogen and oxygen atoms in total. The van der Waals surface area contributed by atoms with Gasteiger partial charge in [0.1, 0.15) is 0 Å². The number of benzene rings is 2. The molecule has 0 radical (unpaired) electrons. The molecule has 0 bridgehead atoms. The van der Waals surface area contributed by atoms with Crippen LogP contribution in [-0.4, -0.2) is 49.7 Å². The monoisotopic (exact) mass is 364 g/mol. The van der Waals surface area contributed by atoms with Crippen LogP contribution in [-0.2, 0) is 4.79 Å². The first-order chi connectivity index (χ1) is 13.1. The van der Waals surface area contributed by atoms with Crippen LogP contribution in [0.2, 0.25) is 0 Å². The van der Waals surface area contributed by atoms with Crippen molar-refractivity contribution < 1.29 is 4.79 Å². The van der Waals surface area contributed by atoms with Crippen molar-refractivity contribution in [3.63, 3.8) is 0 Å². The maximum Gasteiger partial charge on any atom is 0.241 e. The van der Waals surface area contributed by atoms with E-state index in [2.05, 4.69) is 57.6 Å². The topological polar surface area (TPSA) is 47.9 Å². The largest absolute Gasteiger partial charge is 0.369 e. The van der Waals surface area contributed by atoms with Crippen LogP contribution in [0.1, 0.15) is 23.1 Å². The van der Waals surface area contributed by atoms with Crippen molar-refractivity contribution in [2.24, 2.45) is 5.10 Å². The molecule has 0 spiro atoms. The normalized spacial score (nSPS) is 15.3. The molecule has 0 aromatic heterocycles. The molecule has 1 heterocycles. The fourth-order valence-corrected chi connectivity index (χ4v) is 3.33. The summed E-state index contributed by atoms with van der Waals surface area (Å²) in [5.41, 5.74) is 7.32. The number of nitrogens with one attached hydrogen (secondary N) is 1. The molecule has 0 aliphatic carbocycles. The molecule has 0 saturated carbocycles. The molecule has 2 aromatic carbocycles. The van der Waals surface area contributed by atoms with Crippen LogP contribution in [0.4, 0.5) is 5.69 Å². The van der Waals surface area contributed by atoms with Crippen LogP contribution >= 0.6 is 0 Å². The van der Waals surface area contributed by atoms with Crippen LogP contribution < -0.4 is 10.3 Å². The maximum absolute atomic E-state index is 12.0. The number of carbonyl (C=O) groups excluding carboxylic acids is 1. The van der Waals surface area contributed by atoms with Crippen LogP contribution in [0, 0.1) is 13.8 Å². The van der Waals surface area contributed by atoms with E-state index in [0.717, 1.165) is 43.9 Å². The average molecular weight is 364 g/mol. The minimum absolute atomic E-state index is 0.0403. The fraction of sp³-hybridized carbons (Fsp3) is 0.364. The summed E-state index contributed by atoms with van der Waals surface area (Å²) in [4.78, 5) is 16.8. The number of piperazine rings is 1. The summed E-state index contributed by atoms with van der Waals surface area (Å²) in [6.45, 7) is 8.84. The molecule has 27 heavy (non-hydrogen) atoms. The van der Waals surface area contributed by atoms with Crippen LogP contribution in [0.15, 0.2) is 53.6 Å². The van der Waals surface area contributed by atoms with Gasteiger partial charge in [0, 0.05) is 44.8 Å². The van der Waals surface area contributed by atoms with E-state index < -0.39 is 0 Å². The molecule has 1 amide bonds. The molecule has 1 aliphatic rings. The number of rotatable bonds is 6. The van der Waals surface area contributed by atoms with Crippen LogP contribution in [0.5, 0.6) is 0 Å². The van der Waals surface area contributed by atoms with E-state index in [1.165, 1.54) is 11.3 Å². The fourth-order valence-electron chi connectivity index (χ4n) is 3.33. The van der Waals surface area contributed by atoms with Gasteiger partial charge >= 0.3 is 0 Å². The summed E-state index contributed by atoms with van der Waals surface area (Å²) in [6.07, 6.45) is 2.18. The molecule has 142 valence electrons. The van der Waals surface area contributed by atoms with Gasteiger partial charge in [0.2, 0.25) is 5.91 Å². The third-order valence-electron chi connectivity index (χ3n) is 4.97. The van der Waals surface area contributed by atoms with E-state index in [1.54, 1.807) is 6.21 Å². The number of hydrogen-bond donors (Lipinski definition) is 1. The minimum Gasteiger partial charge on any atom is -0.369 e. The summed E-state index contributed by atoms with van der Waals surface area (Å²) >= 11 is 0. The lowest BCUT2D eigenvalue weighted by atomic mass is 10.1. The number of carbonyl (C=O) groups is 1. The van der Waals surface area contributed by atoms with Gasteiger partial charge in [0.25, 0.3) is 0 Å². The Morgan fingerprint density at radius 1 is 1.07 bits per heavy atom. The Hall–Kier alpha value is -2.66. The van der Waals surface area contributed by atoms with Crippen molar-refractivity contribution in [3.8, 4) is 0 Å². The molecule has 1 saturated heterocycles. The van der Waals surface area contributed by atoms with Crippen molar-refractivity contribution >= 4 is 17.8 Å². The van der Waals surface area contributed by atoms with Gasteiger partial charge in [-0.2, -0.15) is 5.10 Å². The quantitative estimate of drug-likeness (QED) is 0.633. The first-order valence-corrected chi connectivity index (χ1v) is 9.53. The Labute approximate surface area is 161 Å². The molecular formula is C22H28N4O. The van der Waals surface area contributed by atoms with Crippen molar-refractivity contribution in [1.29, 1.82) is 0 Å². The van der Waals surface area contributed by atoms with Crippen molar-refractivity contribution in [1.82, 2.24) is 10.3 Å². The predicted octanol–water partition coefficient (Wildman–Crippen LogP) is 2.97. The Balaban J connectivity index is 1.38. The molecule has 2 aromatic rings. The number of para-hydroxylation sites is 1. The highest BCUT2D eigenvalue weighted by Gasteiger charge is 2.17.